The summed E-state index contributed by atoms with van der Waals surface area (Å²) in [6.45, 7) is 0.521. The van der Waals surface area contributed by atoms with Crippen molar-refractivity contribution in [3.05, 3.63) is 35.4 Å². The summed E-state index contributed by atoms with van der Waals surface area (Å²) in [6, 6.07) is 5.30. The van der Waals surface area contributed by atoms with Crippen molar-refractivity contribution in [1.82, 2.24) is 9.97 Å². The fourth-order valence-electron chi connectivity index (χ4n) is 1.24. The lowest BCUT2D eigenvalue weighted by atomic mass is 10.4. The highest BCUT2D eigenvalue weighted by molar-refractivity contribution is 6.29. The van der Waals surface area contributed by atoms with Crippen LogP contribution < -0.4 is 10.8 Å². The molecule has 0 aliphatic carbocycles. The molecule has 2 heterocycles. The molecular formula is C10H11ClN4O2. The van der Waals surface area contributed by atoms with Crippen molar-refractivity contribution in [1.29, 1.82) is 0 Å². The van der Waals surface area contributed by atoms with E-state index < -0.39 is 0 Å². The van der Waals surface area contributed by atoms with Gasteiger partial charge in [-0.2, -0.15) is 9.97 Å². The van der Waals surface area contributed by atoms with Crippen LogP contribution in [0, 0.1) is 0 Å². The minimum atomic E-state index is 0.293. The Balaban J connectivity index is 2.04. The number of nitrogens with zero attached hydrogens (tertiary/aromatic N) is 2. The van der Waals surface area contributed by atoms with E-state index in [-0.39, 0.29) is 0 Å². The number of hydrogen-bond donors (Lipinski definition) is 2. The summed E-state index contributed by atoms with van der Waals surface area (Å²) in [5.74, 6) is 1.68. The zero-order chi connectivity index (χ0) is 12.1. The van der Waals surface area contributed by atoms with E-state index in [0.717, 1.165) is 5.76 Å². The molecule has 0 atom stereocenters. The van der Waals surface area contributed by atoms with E-state index in [1.54, 1.807) is 12.3 Å². The first kappa shape index (κ1) is 11.7. The van der Waals surface area contributed by atoms with Gasteiger partial charge in [-0.05, 0) is 12.1 Å². The predicted octanol–water partition coefficient (Wildman–Crippen LogP) is 2.31. The molecule has 0 bridgehead atoms. The molecule has 0 unspecified atom stereocenters. The Morgan fingerprint density at radius 2 is 2.35 bits per heavy atom. The van der Waals surface area contributed by atoms with Gasteiger partial charge in [0.25, 0.3) is 5.95 Å². The zero-order valence-corrected chi connectivity index (χ0v) is 9.86. The quantitative estimate of drug-likeness (QED) is 0.630. The maximum absolute atomic E-state index is 5.84. The minimum absolute atomic E-state index is 0.293. The van der Waals surface area contributed by atoms with Gasteiger partial charge in [0.05, 0.1) is 19.9 Å². The third kappa shape index (κ3) is 3.33. The second kappa shape index (κ2) is 5.51. The molecule has 2 aromatic rings. The van der Waals surface area contributed by atoms with E-state index in [0.29, 0.717) is 23.5 Å². The summed E-state index contributed by atoms with van der Waals surface area (Å²) in [7, 11) is 1.47. The van der Waals surface area contributed by atoms with Gasteiger partial charge in [-0.1, -0.05) is 11.6 Å². The third-order valence-corrected chi connectivity index (χ3v) is 2.11. The van der Waals surface area contributed by atoms with Gasteiger partial charge in [0.1, 0.15) is 16.7 Å². The largest absolute Gasteiger partial charge is 0.467 e. The molecule has 0 fully saturated rings. The van der Waals surface area contributed by atoms with E-state index in [1.165, 1.54) is 7.11 Å². The molecule has 0 saturated carbocycles. The number of anilines is 2. The summed E-state index contributed by atoms with van der Waals surface area (Å²) >= 11 is 5.84. The second-order valence-electron chi connectivity index (χ2n) is 3.14. The highest BCUT2D eigenvalue weighted by Crippen LogP contribution is 2.15. The molecule has 90 valence electrons. The summed E-state index contributed by atoms with van der Waals surface area (Å²) in [5, 5.41) is 3.38. The molecule has 0 aliphatic rings. The van der Waals surface area contributed by atoms with E-state index in [4.69, 9.17) is 20.9 Å². The van der Waals surface area contributed by atoms with Crippen molar-refractivity contribution in [3.8, 4) is 0 Å². The Kier molecular flexibility index (Phi) is 3.79. The fraction of sp³-hybridized carbons (Fsp3) is 0.200. The molecule has 0 amide bonds. The smallest absolute Gasteiger partial charge is 0.250 e. The molecule has 0 aromatic carbocycles. The van der Waals surface area contributed by atoms with Crippen molar-refractivity contribution in [2.45, 2.75) is 6.54 Å². The molecule has 17 heavy (non-hydrogen) atoms. The van der Waals surface area contributed by atoms with Crippen molar-refractivity contribution in [2.75, 3.05) is 17.9 Å². The predicted molar refractivity (Wildman–Crippen MR) is 63.7 cm³/mol. The lowest BCUT2D eigenvalue weighted by Crippen LogP contribution is -2.06. The average Bonchev–Trinajstić information content (AvgIpc) is 2.79. The Hall–Kier alpha value is -1.79. The molecule has 7 heteroatoms. The van der Waals surface area contributed by atoms with Gasteiger partial charge in [-0.25, -0.2) is 5.48 Å². The van der Waals surface area contributed by atoms with Gasteiger partial charge in [0, 0.05) is 6.07 Å². The fourth-order valence-corrected chi connectivity index (χ4v) is 1.42. The van der Waals surface area contributed by atoms with Gasteiger partial charge in [0.15, 0.2) is 0 Å². The molecule has 0 aliphatic heterocycles. The number of halogens is 1. The monoisotopic (exact) mass is 254 g/mol. The van der Waals surface area contributed by atoms with Crippen LogP contribution in [0.3, 0.4) is 0 Å². The SMILES string of the molecule is CONc1nc(Cl)cc(NCc2ccco2)n1. The first-order valence-electron chi connectivity index (χ1n) is 4.88. The Morgan fingerprint density at radius 1 is 1.47 bits per heavy atom. The van der Waals surface area contributed by atoms with Crippen LogP contribution in [0.15, 0.2) is 28.9 Å². The molecule has 0 spiro atoms. The first-order chi connectivity index (χ1) is 8.28. The molecule has 2 rings (SSSR count). The van der Waals surface area contributed by atoms with E-state index >= 15 is 0 Å². The molecule has 0 radical (unpaired) electrons. The van der Waals surface area contributed by atoms with Crippen LogP contribution in [0.4, 0.5) is 11.8 Å². The Morgan fingerprint density at radius 3 is 3.06 bits per heavy atom. The molecule has 6 nitrogen and oxygen atoms in total. The lowest BCUT2D eigenvalue weighted by Gasteiger charge is -2.06. The topological polar surface area (TPSA) is 72.2 Å². The average molecular weight is 255 g/mol. The maximum Gasteiger partial charge on any atom is 0.250 e. The standard InChI is InChI=1S/C10H11ClN4O2/c1-16-15-10-13-8(11)5-9(14-10)12-6-7-3-2-4-17-7/h2-5H,6H2,1H3,(H2,12,13,14,15). The van der Waals surface area contributed by atoms with E-state index in [2.05, 4.69) is 20.8 Å². The van der Waals surface area contributed by atoms with Crippen LogP contribution in [0.25, 0.3) is 0 Å². The summed E-state index contributed by atoms with van der Waals surface area (Å²) < 4.78 is 5.18. The number of aromatic nitrogens is 2. The first-order valence-corrected chi connectivity index (χ1v) is 5.25. The van der Waals surface area contributed by atoms with Crippen molar-refractivity contribution in [3.63, 3.8) is 0 Å². The molecular weight excluding hydrogens is 244 g/mol. The Labute approximate surface area is 103 Å². The van der Waals surface area contributed by atoms with Crippen molar-refractivity contribution in [2.24, 2.45) is 0 Å². The third-order valence-electron chi connectivity index (χ3n) is 1.91. The molecule has 0 saturated heterocycles. The number of furan rings is 1. The number of hydrogen-bond acceptors (Lipinski definition) is 6. The van der Waals surface area contributed by atoms with E-state index in [1.807, 2.05) is 12.1 Å². The second-order valence-corrected chi connectivity index (χ2v) is 3.53. The van der Waals surface area contributed by atoms with Gasteiger partial charge in [-0.3, -0.25) is 4.84 Å². The summed E-state index contributed by atoms with van der Waals surface area (Å²) in [5.41, 5.74) is 2.51. The molecule has 2 aromatic heterocycles. The maximum atomic E-state index is 5.84. The van der Waals surface area contributed by atoms with Gasteiger partial charge < -0.3 is 9.73 Å². The van der Waals surface area contributed by atoms with Crippen LogP contribution in [-0.2, 0) is 11.4 Å². The van der Waals surface area contributed by atoms with Crippen molar-refractivity contribution >= 4 is 23.4 Å². The van der Waals surface area contributed by atoms with Gasteiger partial charge in [0.2, 0.25) is 0 Å². The van der Waals surface area contributed by atoms with Crippen LogP contribution in [0.5, 0.6) is 0 Å². The minimum Gasteiger partial charge on any atom is -0.467 e. The van der Waals surface area contributed by atoms with Crippen LogP contribution in [0.1, 0.15) is 5.76 Å². The molecule has 2 N–H and O–H groups in total. The van der Waals surface area contributed by atoms with Crippen LogP contribution in [-0.4, -0.2) is 17.1 Å². The zero-order valence-electron chi connectivity index (χ0n) is 9.11. The number of rotatable bonds is 5. The lowest BCUT2D eigenvalue weighted by molar-refractivity contribution is 0.267. The van der Waals surface area contributed by atoms with Gasteiger partial charge >= 0.3 is 0 Å². The van der Waals surface area contributed by atoms with Crippen LogP contribution >= 0.6 is 11.6 Å². The van der Waals surface area contributed by atoms with Crippen LogP contribution in [0.2, 0.25) is 5.15 Å². The summed E-state index contributed by atoms with van der Waals surface area (Å²) in [4.78, 5) is 12.8. The van der Waals surface area contributed by atoms with Crippen molar-refractivity contribution < 1.29 is 9.25 Å². The normalized spacial score (nSPS) is 10.2. The highest BCUT2D eigenvalue weighted by atomic mass is 35.5. The summed E-state index contributed by atoms with van der Waals surface area (Å²) in [6.07, 6.45) is 1.61. The Bertz CT molecular complexity index is 475. The van der Waals surface area contributed by atoms with E-state index in [9.17, 15) is 0 Å². The number of nitrogens with one attached hydrogen (secondary N) is 2. The van der Waals surface area contributed by atoms with Gasteiger partial charge in [-0.15, -0.1) is 0 Å². The highest BCUT2D eigenvalue weighted by Gasteiger charge is 2.03.